The minimum absolute atomic E-state index is 0.0684. The van der Waals surface area contributed by atoms with Crippen molar-refractivity contribution in [2.24, 2.45) is 0 Å². The molecule has 1 aliphatic heterocycles. The molecule has 0 unspecified atom stereocenters. The molecule has 0 aromatic heterocycles. The molecule has 1 heterocycles. The molecule has 0 bridgehead atoms. The second-order valence-electron chi connectivity index (χ2n) is 5.67. The zero-order chi connectivity index (χ0) is 15.3. The number of rotatable bonds is 2. The van der Waals surface area contributed by atoms with Gasteiger partial charge in [-0.25, -0.2) is 4.39 Å². The lowest BCUT2D eigenvalue weighted by Gasteiger charge is -2.38. The summed E-state index contributed by atoms with van der Waals surface area (Å²) in [5.74, 6) is -0.469. The highest BCUT2D eigenvalue weighted by atomic mass is 35.5. The van der Waals surface area contributed by atoms with Crippen LogP contribution in [0.3, 0.4) is 0 Å². The summed E-state index contributed by atoms with van der Waals surface area (Å²) in [7, 11) is 0. The zero-order valence-corrected chi connectivity index (χ0v) is 12.5. The van der Waals surface area contributed by atoms with Gasteiger partial charge in [-0.1, -0.05) is 29.8 Å². The third kappa shape index (κ3) is 2.06. The largest absolute Gasteiger partial charge is 0.361 e. The van der Waals surface area contributed by atoms with Crippen molar-refractivity contribution in [3.8, 4) is 0 Å². The molecule has 1 fully saturated rings. The van der Waals surface area contributed by atoms with E-state index in [1.165, 1.54) is 6.07 Å². The summed E-state index contributed by atoms with van der Waals surface area (Å²) in [4.78, 5) is 14.6. The number of benzene rings is 2. The number of carbonyl (C=O) groups is 1. The smallest absolute Gasteiger partial charge is 0.258 e. The molecule has 2 aromatic carbocycles. The molecule has 5 heteroatoms. The first-order chi connectivity index (χ1) is 10.7. The average molecular weight is 317 g/mol. The van der Waals surface area contributed by atoms with E-state index in [1.54, 1.807) is 23.1 Å². The molecule has 22 heavy (non-hydrogen) atoms. The highest BCUT2D eigenvalue weighted by Gasteiger charge is 2.43. The molecule has 1 saturated carbocycles. The second-order valence-corrected chi connectivity index (χ2v) is 6.08. The van der Waals surface area contributed by atoms with Crippen molar-refractivity contribution < 1.29 is 9.18 Å². The van der Waals surface area contributed by atoms with Crippen LogP contribution in [0.4, 0.5) is 10.1 Å². The van der Waals surface area contributed by atoms with E-state index in [0.717, 1.165) is 12.8 Å². The molecule has 1 atom stereocenters. The van der Waals surface area contributed by atoms with E-state index in [1.807, 2.05) is 18.2 Å². The lowest BCUT2D eigenvalue weighted by Crippen LogP contribution is -2.44. The van der Waals surface area contributed by atoms with Gasteiger partial charge in [0.25, 0.3) is 5.91 Å². The second kappa shape index (κ2) is 4.99. The Labute approximate surface area is 132 Å². The average Bonchev–Trinajstić information content (AvgIpc) is 3.32. The molecular weight excluding hydrogens is 303 g/mol. The molecule has 2 aromatic rings. The van der Waals surface area contributed by atoms with Gasteiger partial charge >= 0.3 is 0 Å². The Morgan fingerprint density at radius 2 is 1.91 bits per heavy atom. The number of hydrogen-bond acceptors (Lipinski definition) is 2. The normalized spacial score (nSPS) is 20.5. The van der Waals surface area contributed by atoms with Crippen LogP contribution in [0, 0.1) is 5.82 Å². The van der Waals surface area contributed by atoms with Crippen molar-refractivity contribution in [1.82, 2.24) is 4.90 Å². The van der Waals surface area contributed by atoms with E-state index < -0.39 is 12.0 Å². The quantitative estimate of drug-likeness (QED) is 0.900. The molecule has 1 N–H and O–H groups in total. The van der Waals surface area contributed by atoms with E-state index in [0.29, 0.717) is 21.8 Å². The Kier molecular flexibility index (Phi) is 3.08. The number of anilines is 1. The van der Waals surface area contributed by atoms with E-state index in [2.05, 4.69) is 5.32 Å². The van der Waals surface area contributed by atoms with Crippen molar-refractivity contribution in [2.45, 2.75) is 25.0 Å². The highest BCUT2D eigenvalue weighted by molar-refractivity contribution is 6.31. The van der Waals surface area contributed by atoms with Gasteiger partial charge < -0.3 is 10.2 Å². The zero-order valence-electron chi connectivity index (χ0n) is 11.7. The van der Waals surface area contributed by atoms with Crippen molar-refractivity contribution in [2.75, 3.05) is 5.32 Å². The molecule has 2 aliphatic rings. The van der Waals surface area contributed by atoms with Crippen molar-refractivity contribution in [3.63, 3.8) is 0 Å². The van der Waals surface area contributed by atoms with Crippen molar-refractivity contribution in [3.05, 3.63) is 64.4 Å². The van der Waals surface area contributed by atoms with Crippen LogP contribution in [-0.4, -0.2) is 16.8 Å². The minimum Gasteiger partial charge on any atom is -0.361 e. The fraction of sp³-hybridized carbons (Fsp3) is 0.235. The molecule has 0 spiro atoms. The molecule has 0 radical (unpaired) electrons. The van der Waals surface area contributed by atoms with Gasteiger partial charge in [0.05, 0.1) is 10.6 Å². The molecule has 1 amide bonds. The Morgan fingerprint density at radius 3 is 2.64 bits per heavy atom. The van der Waals surface area contributed by atoms with Crippen LogP contribution in [0.5, 0.6) is 0 Å². The molecule has 112 valence electrons. The molecule has 0 saturated heterocycles. The number of halogens is 2. The van der Waals surface area contributed by atoms with Gasteiger partial charge in [-0.3, -0.25) is 4.79 Å². The lowest BCUT2D eigenvalue weighted by molar-refractivity contribution is 0.0663. The monoisotopic (exact) mass is 316 g/mol. The van der Waals surface area contributed by atoms with Crippen LogP contribution < -0.4 is 5.32 Å². The first-order valence-corrected chi connectivity index (χ1v) is 7.67. The fourth-order valence-electron chi connectivity index (χ4n) is 2.98. The van der Waals surface area contributed by atoms with E-state index in [9.17, 15) is 9.18 Å². The Bertz CT molecular complexity index is 740. The van der Waals surface area contributed by atoms with Gasteiger partial charge in [0, 0.05) is 17.3 Å². The third-order valence-electron chi connectivity index (χ3n) is 4.18. The van der Waals surface area contributed by atoms with E-state index >= 15 is 0 Å². The summed E-state index contributed by atoms with van der Waals surface area (Å²) >= 11 is 6.21. The van der Waals surface area contributed by atoms with Crippen LogP contribution in [0.25, 0.3) is 0 Å². The third-order valence-corrected chi connectivity index (χ3v) is 4.51. The van der Waals surface area contributed by atoms with Gasteiger partial charge in [-0.2, -0.15) is 0 Å². The molecule has 1 aliphatic carbocycles. The SMILES string of the molecule is O=C1c2ccccc2N[C@H](c2c(F)cccc2Cl)N1C1CC1. The summed E-state index contributed by atoms with van der Waals surface area (Å²) in [6, 6.07) is 12.1. The van der Waals surface area contributed by atoms with Gasteiger partial charge in [-0.05, 0) is 37.1 Å². The summed E-state index contributed by atoms with van der Waals surface area (Å²) in [5.41, 5.74) is 1.67. The van der Waals surface area contributed by atoms with Gasteiger partial charge in [0.2, 0.25) is 0 Å². The Morgan fingerprint density at radius 1 is 1.14 bits per heavy atom. The Hall–Kier alpha value is -2.07. The van der Waals surface area contributed by atoms with Crippen LogP contribution >= 0.6 is 11.6 Å². The number of fused-ring (bicyclic) bond motifs is 1. The van der Waals surface area contributed by atoms with Gasteiger partial charge in [0.15, 0.2) is 0 Å². The predicted octanol–water partition coefficient (Wildman–Crippen LogP) is 4.21. The predicted molar refractivity (Wildman–Crippen MR) is 83.4 cm³/mol. The van der Waals surface area contributed by atoms with E-state index in [4.69, 9.17) is 11.6 Å². The molecular formula is C17H14ClFN2O. The number of para-hydroxylation sites is 1. The number of amides is 1. The minimum atomic E-state index is -0.566. The molecule has 3 nitrogen and oxygen atoms in total. The number of hydrogen-bond donors (Lipinski definition) is 1. The van der Waals surface area contributed by atoms with Crippen molar-refractivity contribution in [1.29, 1.82) is 0 Å². The van der Waals surface area contributed by atoms with Gasteiger partial charge in [0.1, 0.15) is 12.0 Å². The van der Waals surface area contributed by atoms with Crippen LogP contribution in [0.15, 0.2) is 42.5 Å². The van der Waals surface area contributed by atoms with Crippen molar-refractivity contribution >= 4 is 23.2 Å². The van der Waals surface area contributed by atoms with Crippen LogP contribution in [0.1, 0.15) is 34.9 Å². The summed E-state index contributed by atoms with van der Waals surface area (Å²) in [6.07, 6.45) is 1.32. The topological polar surface area (TPSA) is 32.3 Å². The highest BCUT2D eigenvalue weighted by Crippen LogP contribution is 2.42. The summed E-state index contributed by atoms with van der Waals surface area (Å²) in [6.45, 7) is 0. The van der Waals surface area contributed by atoms with Crippen LogP contribution in [-0.2, 0) is 0 Å². The lowest BCUT2D eigenvalue weighted by atomic mass is 10.0. The maximum Gasteiger partial charge on any atom is 0.258 e. The standard InChI is InChI=1S/C17H14ClFN2O/c18-12-5-3-6-13(19)15(12)16-20-14-7-2-1-4-11(14)17(22)21(16)10-8-9-10/h1-7,10,16,20H,8-9H2/t16-/m0/s1. The van der Waals surface area contributed by atoms with Gasteiger partial charge in [-0.15, -0.1) is 0 Å². The summed E-state index contributed by atoms with van der Waals surface area (Å²) < 4.78 is 14.3. The first-order valence-electron chi connectivity index (χ1n) is 7.29. The maximum atomic E-state index is 14.3. The first kappa shape index (κ1) is 13.6. The molecule has 4 rings (SSSR count). The Balaban J connectivity index is 1.86. The summed E-state index contributed by atoms with van der Waals surface area (Å²) in [5, 5.41) is 3.61. The number of nitrogens with one attached hydrogen (secondary N) is 1. The number of carbonyl (C=O) groups excluding carboxylic acids is 1. The van der Waals surface area contributed by atoms with Crippen LogP contribution in [0.2, 0.25) is 5.02 Å². The number of nitrogens with zero attached hydrogens (tertiary/aromatic N) is 1. The fourth-order valence-corrected chi connectivity index (χ4v) is 3.25. The maximum absolute atomic E-state index is 14.3. The van der Waals surface area contributed by atoms with E-state index in [-0.39, 0.29) is 11.9 Å².